The summed E-state index contributed by atoms with van der Waals surface area (Å²) in [6, 6.07) is 11.6. The molecule has 3 nitrogen and oxygen atoms in total. The third-order valence-electron chi connectivity index (χ3n) is 2.28. The highest BCUT2D eigenvalue weighted by Crippen LogP contribution is 2.26. The highest BCUT2D eigenvalue weighted by Gasteiger charge is 2.01. The number of benzene rings is 1. The molecule has 1 aromatic heterocycles. The number of anilines is 2. The number of hydrogen-bond donors (Lipinski definition) is 1. The van der Waals surface area contributed by atoms with Gasteiger partial charge in [-0.2, -0.15) is 5.26 Å². The van der Waals surface area contributed by atoms with Gasteiger partial charge in [0.1, 0.15) is 11.8 Å². The van der Waals surface area contributed by atoms with Gasteiger partial charge in [-0.1, -0.05) is 6.07 Å². The van der Waals surface area contributed by atoms with Crippen LogP contribution in [-0.2, 0) is 0 Å². The molecule has 84 valence electrons. The number of nitrogens with one attached hydrogen (secondary N) is 1. The van der Waals surface area contributed by atoms with Gasteiger partial charge in [0.15, 0.2) is 0 Å². The Kier molecular flexibility index (Phi) is 3.40. The minimum absolute atomic E-state index is 0.415. The van der Waals surface area contributed by atoms with E-state index in [0.29, 0.717) is 5.69 Å². The van der Waals surface area contributed by atoms with Gasteiger partial charge in [0.2, 0.25) is 0 Å². The van der Waals surface area contributed by atoms with Crippen molar-refractivity contribution in [1.29, 1.82) is 5.26 Å². The second-order valence-corrected chi connectivity index (χ2v) is 4.51. The van der Waals surface area contributed by atoms with Crippen molar-refractivity contribution >= 4 is 27.3 Å². The lowest BCUT2D eigenvalue weighted by atomic mass is 10.2. The molecule has 4 heteroatoms. The van der Waals surface area contributed by atoms with Crippen LogP contribution in [0.4, 0.5) is 11.4 Å². The highest BCUT2D eigenvalue weighted by molar-refractivity contribution is 9.10. The van der Waals surface area contributed by atoms with Crippen LogP contribution in [0.1, 0.15) is 11.3 Å². The molecule has 1 N–H and O–H groups in total. The van der Waals surface area contributed by atoms with Crippen LogP contribution < -0.4 is 5.32 Å². The molecule has 0 unspecified atom stereocenters. The van der Waals surface area contributed by atoms with Gasteiger partial charge < -0.3 is 5.32 Å². The fourth-order valence-electron chi connectivity index (χ4n) is 1.41. The van der Waals surface area contributed by atoms with Crippen LogP contribution in [0.5, 0.6) is 0 Å². The Balaban J connectivity index is 2.23. The Hall–Kier alpha value is -1.86. The predicted octanol–water partition coefficient (Wildman–Crippen LogP) is 3.77. The Morgan fingerprint density at radius 1 is 1.29 bits per heavy atom. The molecule has 17 heavy (non-hydrogen) atoms. The van der Waals surface area contributed by atoms with Crippen molar-refractivity contribution < 1.29 is 0 Å². The molecule has 0 radical (unpaired) electrons. The molecule has 0 aliphatic heterocycles. The maximum Gasteiger partial charge on any atom is 0.140 e. The molecule has 0 amide bonds. The average molecular weight is 288 g/mol. The standard InChI is InChI=1S/C13H10BrN3/c1-9-2-5-13(12(14)6-9)17-11-4-3-10(7-15)16-8-11/h2-6,8,17H,1H3. The minimum atomic E-state index is 0.415. The summed E-state index contributed by atoms with van der Waals surface area (Å²) >= 11 is 3.50. The summed E-state index contributed by atoms with van der Waals surface area (Å²) in [4.78, 5) is 4.00. The van der Waals surface area contributed by atoms with Gasteiger partial charge in [0, 0.05) is 4.47 Å². The largest absolute Gasteiger partial charge is 0.353 e. The molecule has 2 aromatic rings. The Morgan fingerprint density at radius 3 is 2.71 bits per heavy atom. The van der Waals surface area contributed by atoms with Gasteiger partial charge in [-0.05, 0) is 52.7 Å². The van der Waals surface area contributed by atoms with Crippen LogP contribution in [0.2, 0.25) is 0 Å². The number of aromatic nitrogens is 1. The van der Waals surface area contributed by atoms with E-state index in [-0.39, 0.29) is 0 Å². The first-order chi connectivity index (χ1) is 8.19. The lowest BCUT2D eigenvalue weighted by Crippen LogP contribution is -1.93. The van der Waals surface area contributed by atoms with Crippen molar-refractivity contribution in [2.45, 2.75) is 6.92 Å². The van der Waals surface area contributed by atoms with Crippen molar-refractivity contribution in [3.63, 3.8) is 0 Å². The van der Waals surface area contributed by atoms with E-state index < -0.39 is 0 Å². The Morgan fingerprint density at radius 2 is 2.12 bits per heavy atom. The van der Waals surface area contributed by atoms with E-state index in [9.17, 15) is 0 Å². The first kappa shape index (κ1) is 11.6. The number of pyridine rings is 1. The third kappa shape index (κ3) is 2.83. The molecular formula is C13H10BrN3. The number of aryl methyl sites for hydroxylation is 1. The monoisotopic (exact) mass is 287 g/mol. The van der Waals surface area contributed by atoms with E-state index in [1.165, 1.54) is 5.56 Å². The number of nitriles is 1. The van der Waals surface area contributed by atoms with Crippen molar-refractivity contribution in [2.24, 2.45) is 0 Å². The molecular weight excluding hydrogens is 278 g/mol. The van der Waals surface area contributed by atoms with E-state index in [1.54, 1.807) is 12.3 Å². The minimum Gasteiger partial charge on any atom is -0.353 e. The molecule has 0 saturated heterocycles. The van der Waals surface area contributed by atoms with E-state index in [2.05, 4.69) is 26.2 Å². The number of halogens is 1. The molecule has 1 aromatic carbocycles. The summed E-state index contributed by atoms with van der Waals surface area (Å²) in [6.07, 6.45) is 1.64. The quantitative estimate of drug-likeness (QED) is 0.915. The van der Waals surface area contributed by atoms with Crippen molar-refractivity contribution in [3.05, 3.63) is 52.3 Å². The summed E-state index contributed by atoms with van der Waals surface area (Å²) < 4.78 is 1.00. The van der Waals surface area contributed by atoms with Crippen LogP contribution in [0.25, 0.3) is 0 Å². The normalized spacial score (nSPS) is 9.71. The molecule has 0 fully saturated rings. The van der Waals surface area contributed by atoms with Gasteiger partial charge in [-0.15, -0.1) is 0 Å². The first-order valence-corrected chi connectivity index (χ1v) is 5.87. The van der Waals surface area contributed by atoms with E-state index >= 15 is 0 Å². The number of nitrogens with zero attached hydrogens (tertiary/aromatic N) is 2. The second-order valence-electron chi connectivity index (χ2n) is 3.65. The van der Waals surface area contributed by atoms with Gasteiger partial charge >= 0.3 is 0 Å². The van der Waals surface area contributed by atoms with Crippen molar-refractivity contribution in [1.82, 2.24) is 4.98 Å². The van der Waals surface area contributed by atoms with Gasteiger partial charge in [0.25, 0.3) is 0 Å². The lowest BCUT2D eigenvalue weighted by Gasteiger charge is -2.08. The summed E-state index contributed by atoms with van der Waals surface area (Å²) in [5, 5.41) is 11.9. The van der Waals surface area contributed by atoms with E-state index in [0.717, 1.165) is 15.8 Å². The molecule has 1 heterocycles. The van der Waals surface area contributed by atoms with Crippen LogP contribution in [0.3, 0.4) is 0 Å². The zero-order chi connectivity index (χ0) is 12.3. The molecule has 0 saturated carbocycles. The zero-order valence-electron chi connectivity index (χ0n) is 9.24. The fourth-order valence-corrected chi connectivity index (χ4v) is 2.00. The third-order valence-corrected chi connectivity index (χ3v) is 2.94. The van der Waals surface area contributed by atoms with Gasteiger partial charge in [-0.25, -0.2) is 4.98 Å². The summed E-state index contributed by atoms with van der Waals surface area (Å²) in [5.41, 5.74) is 3.44. The maximum atomic E-state index is 8.65. The first-order valence-electron chi connectivity index (χ1n) is 5.08. The fraction of sp³-hybridized carbons (Fsp3) is 0.0769. The maximum absolute atomic E-state index is 8.65. The average Bonchev–Trinajstić information content (AvgIpc) is 2.34. The molecule has 2 rings (SSSR count). The second kappa shape index (κ2) is 4.98. The zero-order valence-corrected chi connectivity index (χ0v) is 10.8. The van der Waals surface area contributed by atoms with Crippen LogP contribution in [0.15, 0.2) is 41.0 Å². The predicted molar refractivity (Wildman–Crippen MR) is 71.1 cm³/mol. The number of rotatable bonds is 2. The molecule has 0 aliphatic carbocycles. The van der Waals surface area contributed by atoms with Crippen LogP contribution in [-0.4, -0.2) is 4.98 Å². The van der Waals surface area contributed by atoms with E-state index in [1.807, 2.05) is 37.3 Å². The molecule has 0 atom stereocenters. The Labute approximate surface area is 108 Å². The topological polar surface area (TPSA) is 48.7 Å². The molecule has 0 aliphatic rings. The van der Waals surface area contributed by atoms with Crippen molar-refractivity contribution in [2.75, 3.05) is 5.32 Å². The number of hydrogen-bond acceptors (Lipinski definition) is 3. The molecule has 0 bridgehead atoms. The highest BCUT2D eigenvalue weighted by atomic mass is 79.9. The van der Waals surface area contributed by atoms with E-state index in [4.69, 9.17) is 5.26 Å². The Bertz CT molecular complexity index is 570. The summed E-state index contributed by atoms with van der Waals surface area (Å²) in [5.74, 6) is 0. The van der Waals surface area contributed by atoms with Crippen molar-refractivity contribution in [3.8, 4) is 6.07 Å². The van der Waals surface area contributed by atoms with Crippen LogP contribution in [0, 0.1) is 18.3 Å². The SMILES string of the molecule is Cc1ccc(Nc2ccc(C#N)nc2)c(Br)c1. The van der Waals surface area contributed by atoms with Gasteiger partial charge in [-0.3, -0.25) is 0 Å². The lowest BCUT2D eigenvalue weighted by molar-refractivity contribution is 1.26. The summed E-state index contributed by atoms with van der Waals surface area (Å²) in [6.45, 7) is 2.04. The summed E-state index contributed by atoms with van der Waals surface area (Å²) in [7, 11) is 0. The van der Waals surface area contributed by atoms with Gasteiger partial charge in [0.05, 0.1) is 17.6 Å². The molecule has 0 spiro atoms. The van der Waals surface area contributed by atoms with Crippen LogP contribution >= 0.6 is 15.9 Å². The smallest absolute Gasteiger partial charge is 0.140 e.